The van der Waals surface area contributed by atoms with Crippen molar-refractivity contribution >= 4 is 11.8 Å². The van der Waals surface area contributed by atoms with Crippen molar-refractivity contribution in [2.75, 3.05) is 6.61 Å². The molecule has 17 heavy (non-hydrogen) atoms. The minimum absolute atomic E-state index is 0.0454. The summed E-state index contributed by atoms with van der Waals surface area (Å²) < 4.78 is 17.5. The maximum atomic E-state index is 12.6. The molecule has 0 spiro atoms. The molecule has 2 unspecified atom stereocenters. The first-order valence-corrected chi connectivity index (χ1v) is 5.53. The van der Waals surface area contributed by atoms with Crippen LogP contribution in [-0.4, -0.2) is 18.4 Å². The van der Waals surface area contributed by atoms with Crippen LogP contribution in [0.4, 0.5) is 4.39 Å². The van der Waals surface area contributed by atoms with E-state index in [-0.39, 0.29) is 24.3 Å². The molecule has 0 aromatic heterocycles. The monoisotopic (exact) mass is 236 g/mol. The fraction of sp³-hybridized carbons (Fsp3) is 0.385. The van der Waals surface area contributed by atoms with Crippen LogP contribution < -0.4 is 0 Å². The van der Waals surface area contributed by atoms with Gasteiger partial charge in [0.05, 0.1) is 5.92 Å². The molecule has 0 aliphatic heterocycles. The largest absolute Gasteiger partial charge is 0.457 e. The highest BCUT2D eigenvalue weighted by atomic mass is 19.1. The summed E-state index contributed by atoms with van der Waals surface area (Å²) in [7, 11) is 0. The standard InChI is InChI=1S/C13H13FO3/c1-8-6-11(8)13(16)17-7-12(15)9-2-4-10(14)5-3-9/h2-5,8,11H,6-7H2,1H3. The molecule has 2 atom stereocenters. The number of ether oxygens (including phenoxy) is 1. The van der Waals surface area contributed by atoms with E-state index in [0.29, 0.717) is 11.5 Å². The number of esters is 1. The number of Topliss-reactive ketones (excluding diaryl/α,β-unsaturated/α-hetero) is 1. The Hall–Kier alpha value is -1.71. The minimum Gasteiger partial charge on any atom is -0.457 e. The molecule has 0 amide bonds. The van der Waals surface area contributed by atoms with Crippen LogP contribution in [0.3, 0.4) is 0 Å². The lowest BCUT2D eigenvalue weighted by atomic mass is 10.1. The summed E-state index contributed by atoms with van der Waals surface area (Å²) in [6.45, 7) is 1.70. The summed E-state index contributed by atoms with van der Waals surface area (Å²) in [6, 6.07) is 5.17. The second-order valence-corrected chi connectivity index (χ2v) is 4.36. The van der Waals surface area contributed by atoms with Crippen LogP contribution in [0.25, 0.3) is 0 Å². The van der Waals surface area contributed by atoms with Gasteiger partial charge in [0.15, 0.2) is 12.4 Å². The molecule has 4 heteroatoms. The normalized spacial score (nSPS) is 22.0. The molecule has 0 bridgehead atoms. The Balaban J connectivity index is 1.85. The van der Waals surface area contributed by atoms with Crippen LogP contribution in [0, 0.1) is 17.7 Å². The third-order valence-corrected chi connectivity index (χ3v) is 2.92. The highest BCUT2D eigenvalue weighted by Gasteiger charge is 2.40. The summed E-state index contributed by atoms with van der Waals surface area (Å²) in [5.74, 6) is -0.704. The lowest BCUT2D eigenvalue weighted by Gasteiger charge is -2.03. The van der Waals surface area contributed by atoms with Crippen LogP contribution in [0.1, 0.15) is 23.7 Å². The van der Waals surface area contributed by atoms with Gasteiger partial charge in [-0.25, -0.2) is 4.39 Å². The van der Waals surface area contributed by atoms with Crippen molar-refractivity contribution in [3.8, 4) is 0 Å². The van der Waals surface area contributed by atoms with E-state index in [4.69, 9.17) is 4.74 Å². The summed E-state index contributed by atoms with van der Waals surface area (Å²) >= 11 is 0. The zero-order valence-electron chi connectivity index (χ0n) is 9.48. The van der Waals surface area contributed by atoms with Crippen molar-refractivity contribution in [1.82, 2.24) is 0 Å². The molecule has 1 aromatic rings. The van der Waals surface area contributed by atoms with Crippen molar-refractivity contribution in [3.63, 3.8) is 0 Å². The maximum absolute atomic E-state index is 12.6. The number of halogens is 1. The van der Waals surface area contributed by atoms with Crippen LogP contribution in [-0.2, 0) is 9.53 Å². The molecule has 2 rings (SSSR count). The van der Waals surface area contributed by atoms with Crippen molar-refractivity contribution in [1.29, 1.82) is 0 Å². The van der Waals surface area contributed by atoms with Gasteiger partial charge in [0.1, 0.15) is 5.82 Å². The molecule has 90 valence electrons. The molecule has 0 heterocycles. The lowest BCUT2D eigenvalue weighted by Crippen LogP contribution is -2.15. The first-order valence-electron chi connectivity index (χ1n) is 5.53. The van der Waals surface area contributed by atoms with E-state index in [1.54, 1.807) is 0 Å². The van der Waals surface area contributed by atoms with Crippen molar-refractivity contribution < 1.29 is 18.7 Å². The van der Waals surface area contributed by atoms with E-state index in [1.807, 2.05) is 6.92 Å². The van der Waals surface area contributed by atoms with E-state index < -0.39 is 5.82 Å². The molecule has 0 saturated heterocycles. The summed E-state index contributed by atoms with van der Waals surface area (Å²) in [5.41, 5.74) is 0.350. The summed E-state index contributed by atoms with van der Waals surface area (Å²) in [5, 5.41) is 0. The first kappa shape index (κ1) is 11.8. The number of carbonyl (C=O) groups excluding carboxylic acids is 2. The fourth-order valence-electron chi connectivity index (χ4n) is 1.61. The van der Waals surface area contributed by atoms with Gasteiger partial charge in [-0.05, 0) is 36.6 Å². The quantitative estimate of drug-likeness (QED) is 0.594. The van der Waals surface area contributed by atoms with E-state index >= 15 is 0 Å². The van der Waals surface area contributed by atoms with E-state index in [1.165, 1.54) is 24.3 Å². The van der Waals surface area contributed by atoms with Crippen LogP contribution >= 0.6 is 0 Å². The van der Waals surface area contributed by atoms with Crippen LogP contribution in [0.5, 0.6) is 0 Å². The van der Waals surface area contributed by atoms with Gasteiger partial charge in [0, 0.05) is 5.56 Å². The fourth-order valence-corrected chi connectivity index (χ4v) is 1.61. The van der Waals surface area contributed by atoms with Gasteiger partial charge in [0.25, 0.3) is 0 Å². The van der Waals surface area contributed by atoms with E-state index in [9.17, 15) is 14.0 Å². The van der Waals surface area contributed by atoms with Crippen molar-refractivity contribution in [3.05, 3.63) is 35.6 Å². The Labute approximate surface area is 98.6 Å². The van der Waals surface area contributed by atoms with E-state index in [2.05, 4.69) is 0 Å². The Kier molecular flexibility index (Phi) is 3.22. The highest BCUT2D eigenvalue weighted by Crippen LogP contribution is 2.38. The van der Waals surface area contributed by atoms with Gasteiger partial charge in [-0.1, -0.05) is 6.92 Å². The van der Waals surface area contributed by atoms with Gasteiger partial charge in [-0.3, -0.25) is 9.59 Å². The predicted octanol–water partition coefficient (Wildman–Crippen LogP) is 2.21. The van der Waals surface area contributed by atoms with Crippen LogP contribution in [0.15, 0.2) is 24.3 Å². The van der Waals surface area contributed by atoms with Gasteiger partial charge in [-0.15, -0.1) is 0 Å². The maximum Gasteiger partial charge on any atom is 0.309 e. The minimum atomic E-state index is -0.398. The third-order valence-electron chi connectivity index (χ3n) is 2.92. The van der Waals surface area contributed by atoms with Gasteiger partial charge in [-0.2, -0.15) is 0 Å². The number of hydrogen-bond acceptors (Lipinski definition) is 3. The molecule has 1 aromatic carbocycles. The number of ketones is 1. The lowest BCUT2D eigenvalue weighted by molar-refractivity contribution is -0.144. The van der Waals surface area contributed by atoms with Crippen molar-refractivity contribution in [2.45, 2.75) is 13.3 Å². The molecule has 1 saturated carbocycles. The SMILES string of the molecule is CC1CC1C(=O)OCC(=O)c1ccc(F)cc1. The second-order valence-electron chi connectivity index (χ2n) is 4.36. The zero-order chi connectivity index (χ0) is 12.4. The van der Waals surface area contributed by atoms with E-state index in [0.717, 1.165) is 6.42 Å². The average Bonchev–Trinajstić information content (AvgIpc) is 3.04. The number of hydrogen-bond donors (Lipinski definition) is 0. The summed E-state index contributed by atoms with van der Waals surface area (Å²) in [6.07, 6.45) is 0.837. The van der Waals surface area contributed by atoms with Gasteiger partial charge in [0.2, 0.25) is 0 Å². The van der Waals surface area contributed by atoms with Gasteiger partial charge >= 0.3 is 5.97 Å². The number of rotatable bonds is 4. The third kappa shape index (κ3) is 2.90. The first-order chi connectivity index (χ1) is 8.08. The van der Waals surface area contributed by atoms with Crippen molar-refractivity contribution in [2.24, 2.45) is 11.8 Å². The number of benzene rings is 1. The molecule has 0 N–H and O–H groups in total. The molecular formula is C13H13FO3. The topological polar surface area (TPSA) is 43.4 Å². The Morgan fingerprint density at radius 3 is 2.47 bits per heavy atom. The molecule has 1 fully saturated rings. The number of carbonyl (C=O) groups is 2. The zero-order valence-corrected chi connectivity index (χ0v) is 9.48. The molecule has 3 nitrogen and oxygen atoms in total. The highest BCUT2D eigenvalue weighted by molar-refractivity contribution is 5.98. The van der Waals surface area contributed by atoms with Crippen LogP contribution in [0.2, 0.25) is 0 Å². The van der Waals surface area contributed by atoms with Gasteiger partial charge < -0.3 is 4.74 Å². The predicted molar refractivity (Wildman–Crippen MR) is 59.0 cm³/mol. The Bertz CT molecular complexity index is 438. The Morgan fingerprint density at radius 1 is 1.35 bits per heavy atom. The molecule has 1 aliphatic carbocycles. The Morgan fingerprint density at radius 2 is 1.94 bits per heavy atom. The molecule has 0 radical (unpaired) electrons. The molecule has 1 aliphatic rings. The molecular weight excluding hydrogens is 223 g/mol. The average molecular weight is 236 g/mol. The smallest absolute Gasteiger partial charge is 0.309 e. The second kappa shape index (κ2) is 4.65. The summed E-state index contributed by atoms with van der Waals surface area (Å²) in [4.78, 5) is 23.0.